The van der Waals surface area contributed by atoms with Crippen molar-refractivity contribution in [2.45, 2.75) is 20.8 Å². The topological polar surface area (TPSA) is 61.0 Å². The van der Waals surface area contributed by atoms with Crippen LogP contribution in [0.2, 0.25) is 0 Å². The van der Waals surface area contributed by atoms with E-state index in [2.05, 4.69) is 9.97 Å². The second-order valence-electron chi connectivity index (χ2n) is 4.13. The van der Waals surface area contributed by atoms with Gasteiger partial charge in [-0.2, -0.15) is 0 Å². The predicted molar refractivity (Wildman–Crippen MR) is 72.5 cm³/mol. The lowest BCUT2D eigenvalue weighted by Gasteiger charge is -2.11. The molecule has 2 aromatic rings. The standard InChI is InChI=1S/C14H17N3O/c1-4-18-14-8-16-7-13(17-14)11-5-6-12(15)10(3)9(11)2/h5-8H,4,15H2,1-3H3. The monoisotopic (exact) mass is 243 g/mol. The van der Waals surface area contributed by atoms with Crippen molar-refractivity contribution in [3.8, 4) is 17.1 Å². The molecule has 0 aliphatic carbocycles. The fourth-order valence-electron chi connectivity index (χ4n) is 1.81. The van der Waals surface area contributed by atoms with E-state index in [9.17, 15) is 0 Å². The SMILES string of the molecule is CCOc1cncc(-c2ccc(N)c(C)c2C)n1. The zero-order chi connectivity index (χ0) is 13.1. The Balaban J connectivity index is 2.48. The van der Waals surface area contributed by atoms with Crippen LogP contribution in [0, 0.1) is 13.8 Å². The molecule has 18 heavy (non-hydrogen) atoms. The van der Waals surface area contributed by atoms with E-state index in [0.29, 0.717) is 12.5 Å². The van der Waals surface area contributed by atoms with E-state index in [-0.39, 0.29) is 0 Å². The Bertz CT molecular complexity index is 567. The molecule has 0 saturated heterocycles. The molecule has 4 nitrogen and oxygen atoms in total. The van der Waals surface area contributed by atoms with Crippen LogP contribution in [0.25, 0.3) is 11.3 Å². The normalized spacial score (nSPS) is 10.4. The van der Waals surface area contributed by atoms with E-state index in [1.807, 2.05) is 32.9 Å². The molecule has 0 atom stereocenters. The number of nitrogens with zero attached hydrogens (tertiary/aromatic N) is 2. The molecule has 4 heteroatoms. The molecule has 2 rings (SSSR count). The minimum absolute atomic E-state index is 0.545. The molecule has 0 bridgehead atoms. The predicted octanol–water partition coefficient (Wildman–Crippen LogP) is 2.74. The lowest BCUT2D eigenvalue weighted by atomic mass is 10.00. The van der Waals surface area contributed by atoms with Gasteiger partial charge in [0.15, 0.2) is 0 Å². The fourth-order valence-corrected chi connectivity index (χ4v) is 1.81. The molecule has 0 fully saturated rings. The van der Waals surface area contributed by atoms with Crippen LogP contribution in [0.1, 0.15) is 18.1 Å². The van der Waals surface area contributed by atoms with E-state index in [4.69, 9.17) is 10.5 Å². The van der Waals surface area contributed by atoms with E-state index < -0.39 is 0 Å². The summed E-state index contributed by atoms with van der Waals surface area (Å²) in [7, 11) is 0. The second-order valence-corrected chi connectivity index (χ2v) is 4.13. The minimum atomic E-state index is 0.545. The van der Waals surface area contributed by atoms with Gasteiger partial charge in [0.2, 0.25) is 5.88 Å². The van der Waals surface area contributed by atoms with Crippen LogP contribution in [-0.2, 0) is 0 Å². The van der Waals surface area contributed by atoms with Gasteiger partial charge in [0.1, 0.15) is 0 Å². The lowest BCUT2D eigenvalue weighted by Crippen LogP contribution is -1.99. The molecule has 2 N–H and O–H groups in total. The first-order valence-corrected chi connectivity index (χ1v) is 5.94. The highest BCUT2D eigenvalue weighted by Crippen LogP contribution is 2.27. The number of hydrogen-bond acceptors (Lipinski definition) is 4. The summed E-state index contributed by atoms with van der Waals surface area (Å²) in [6.45, 7) is 6.55. The van der Waals surface area contributed by atoms with Crippen LogP contribution in [0.3, 0.4) is 0 Å². The highest BCUT2D eigenvalue weighted by molar-refractivity contribution is 5.69. The Labute approximate surface area is 107 Å². The summed E-state index contributed by atoms with van der Waals surface area (Å²) >= 11 is 0. The van der Waals surface area contributed by atoms with Crippen molar-refractivity contribution in [2.24, 2.45) is 0 Å². The Morgan fingerprint density at radius 3 is 2.67 bits per heavy atom. The molecule has 0 unspecified atom stereocenters. The number of anilines is 1. The number of nitrogens with two attached hydrogens (primary N) is 1. The van der Waals surface area contributed by atoms with Crippen molar-refractivity contribution in [3.05, 3.63) is 35.7 Å². The summed E-state index contributed by atoms with van der Waals surface area (Å²) in [6, 6.07) is 3.87. The van der Waals surface area contributed by atoms with Crippen LogP contribution in [0.4, 0.5) is 5.69 Å². The lowest BCUT2D eigenvalue weighted by molar-refractivity contribution is 0.325. The summed E-state index contributed by atoms with van der Waals surface area (Å²) in [5.74, 6) is 0.545. The summed E-state index contributed by atoms with van der Waals surface area (Å²) in [4.78, 5) is 8.59. The molecule has 0 aliphatic rings. The first kappa shape index (κ1) is 12.4. The average Bonchev–Trinajstić information content (AvgIpc) is 2.37. The summed E-state index contributed by atoms with van der Waals surface area (Å²) in [5.41, 5.74) is 10.7. The Kier molecular flexibility index (Phi) is 3.46. The van der Waals surface area contributed by atoms with Gasteiger partial charge in [-0.15, -0.1) is 0 Å². The van der Waals surface area contributed by atoms with Crippen molar-refractivity contribution in [2.75, 3.05) is 12.3 Å². The molecule has 94 valence electrons. The highest BCUT2D eigenvalue weighted by atomic mass is 16.5. The summed E-state index contributed by atoms with van der Waals surface area (Å²) in [5, 5.41) is 0. The molecule has 0 saturated carbocycles. The van der Waals surface area contributed by atoms with Crippen molar-refractivity contribution in [1.82, 2.24) is 9.97 Å². The van der Waals surface area contributed by atoms with Gasteiger partial charge < -0.3 is 10.5 Å². The van der Waals surface area contributed by atoms with E-state index in [1.54, 1.807) is 12.4 Å². The maximum absolute atomic E-state index is 5.88. The van der Waals surface area contributed by atoms with Gasteiger partial charge in [0, 0.05) is 11.3 Å². The number of nitrogen functional groups attached to an aromatic ring is 1. The van der Waals surface area contributed by atoms with E-state index in [0.717, 1.165) is 28.1 Å². The Hall–Kier alpha value is -2.10. The van der Waals surface area contributed by atoms with Gasteiger partial charge in [0.25, 0.3) is 0 Å². The van der Waals surface area contributed by atoms with Crippen molar-refractivity contribution >= 4 is 5.69 Å². The second kappa shape index (κ2) is 5.04. The highest BCUT2D eigenvalue weighted by Gasteiger charge is 2.09. The Morgan fingerprint density at radius 1 is 1.17 bits per heavy atom. The zero-order valence-electron chi connectivity index (χ0n) is 10.9. The number of rotatable bonds is 3. The van der Waals surface area contributed by atoms with E-state index in [1.165, 1.54) is 0 Å². The average molecular weight is 243 g/mol. The molecular weight excluding hydrogens is 226 g/mol. The van der Waals surface area contributed by atoms with Crippen LogP contribution < -0.4 is 10.5 Å². The molecule has 0 radical (unpaired) electrons. The first-order chi connectivity index (χ1) is 8.63. The van der Waals surface area contributed by atoms with Gasteiger partial charge >= 0.3 is 0 Å². The number of hydrogen-bond donors (Lipinski definition) is 1. The van der Waals surface area contributed by atoms with Crippen LogP contribution in [0.5, 0.6) is 5.88 Å². The zero-order valence-corrected chi connectivity index (χ0v) is 10.9. The molecule has 0 amide bonds. The van der Waals surface area contributed by atoms with Crippen molar-refractivity contribution in [3.63, 3.8) is 0 Å². The minimum Gasteiger partial charge on any atom is -0.477 e. The van der Waals surface area contributed by atoms with Gasteiger partial charge in [-0.05, 0) is 38.0 Å². The van der Waals surface area contributed by atoms with Gasteiger partial charge in [-0.1, -0.05) is 6.07 Å². The third kappa shape index (κ3) is 2.27. The fraction of sp³-hybridized carbons (Fsp3) is 0.286. The molecule has 1 heterocycles. The Morgan fingerprint density at radius 2 is 1.94 bits per heavy atom. The molecule has 0 spiro atoms. The molecular formula is C14H17N3O. The quantitative estimate of drug-likeness (QED) is 0.842. The van der Waals surface area contributed by atoms with Crippen molar-refractivity contribution < 1.29 is 4.74 Å². The van der Waals surface area contributed by atoms with Gasteiger partial charge in [-0.3, -0.25) is 4.98 Å². The van der Waals surface area contributed by atoms with Crippen molar-refractivity contribution in [1.29, 1.82) is 0 Å². The summed E-state index contributed by atoms with van der Waals surface area (Å²) < 4.78 is 5.36. The molecule has 1 aromatic heterocycles. The van der Waals surface area contributed by atoms with E-state index >= 15 is 0 Å². The summed E-state index contributed by atoms with van der Waals surface area (Å²) in [6.07, 6.45) is 3.35. The maximum atomic E-state index is 5.88. The van der Waals surface area contributed by atoms with Crippen LogP contribution >= 0.6 is 0 Å². The van der Waals surface area contributed by atoms with Crippen LogP contribution in [-0.4, -0.2) is 16.6 Å². The number of ether oxygens (including phenoxy) is 1. The van der Waals surface area contributed by atoms with Gasteiger partial charge in [-0.25, -0.2) is 4.98 Å². The smallest absolute Gasteiger partial charge is 0.232 e. The molecule has 1 aromatic carbocycles. The molecule has 0 aliphatic heterocycles. The number of aromatic nitrogens is 2. The van der Waals surface area contributed by atoms with Gasteiger partial charge in [0.05, 0.1) is 24.7 Å². The van der Waals surface area contributed by atoms with Crippen LogP contribution in [0.15, 0.2) is 24.5 Å². The number of benzene rings is 1. The first-order valence-electron chi connectivity index (χ1n) is 5.94. The third-order valence-corrected chi connectivity index (χ3v) is 3.01. The third-order valence-electron chi connectivity index (χ3n) is 3.01. The largest absolute Gasteiger partial charge is 0.477 e. The maximum Gasteiger partial charge on any atom is 0.232 e.